The Bertz CT molecular complexity index is 140. The Hall–Kier alpha value is -0.0400. The first-order valence-electron chi connectivity index (χ1n) is 5.59. The van der Waals surface area contributed by atoms with Gasteiger partial charge in [-0.15, -0.1) is 0 Å². The largest absolute Gasteiger partial charge is 0.313 e. The molecule has 0 heterocycles. The third-order valence-electron chi connectivity index (χ3n) is 3.75. The second-order valence-corrected chi connectivity index (χ2v) is 4.72. The molecule has 2 rings (SSSR count). The summed E-state index contributed by atoms with van der Waals surface area (Å²) in [6.07, 6.45) is 8.76. The molecule has 2 fully saturated rings. The van der Waals surface area contributed by atoms with Gasteiger partial charge in [-0.3, -0.25) is 0 Å². The van der Waals surface area contributed by atoms with Gasteiger partial charge >= 0.3 is 0 Å². The van der Waals surface area contributed by atoms with Crippen molar-refractivity contribution in [3.8, 4) is 0 Å². The Morgan fingerprint density at radius 2 is 1.83 bits per heavy atom. The van der Waals surface area contributed by atoms with E-state index in [0.29, 0.717) is 0 Å². The summed E-state index contributed by atoms with van der Waals surface area (Å²) in [5.41, 5.74) is 0. The molecule has 2 aliphatic carbocycles. The third-order valence-corrected chi connectivity index (χ3v) is 3.75. The van der Waals surface area contributed by atoms with Crippen molar-refractivity contribution in [3.63, 3.8) is 0 Å². The summed E-state index contributed by atoms with van der Waals surface area (Å²) in [4.78, 5) is 0. The summed E-state index contributed by atoms with van der Waals surface area (Å²) >= 11 is 0. The third kappa shape index (κ3) is 1.82. The highest BCUT2D eigenvalue weighted by Gasteiger charge is 2.24. The fraction of sp³-hybridized carbons (Fsp3) is 1.00. The molecule has 0 saturated heterocycles. The van der Waals surface area contributed by atoms with Crippen molar-refractivity contribution in [1.82, 2.24) is 5.32 Å². The minimum absolute atomic E-state index is 0.852. The van der Waals surface area contributed by atoms with Crippen molar-refractivity contribution < 1.29 is 0 Å². The molecule has 0 bridgehead atoms. The van der Waals surface area contributed by atoms with E-state index in [4.69, 9.17) is 0 Å². The van der Waals surface area contributed by atoms with Crippen LogP contribution in [0.3, 0.4) is 0 Å². The van der Waals surface area contributed by atoms with E-state index in [9.17, 15) is 0 Å². The van der Waals surface area contributed by atoms with E-state index in [1.165, 1.54) is 45.1 Å². The van der Waals surface area contributed by atoms with Crippen LogP contribution >= 0.6 is 0 Å². The van der Waals surface area contributed by atoms with Crippen LogP contribution in [0.2, 0.25) is 0 Å². The second-order valence-electron chi connectivity index (χ2n) is 4.72. The van der Waals surface area contributed by atoms with Gasteiger partial charge in [0.1, 0.15) is 0 Å². The molecule has 0 aliphatic heterocycles. The highest BCUT2D eigenvalue weighted by molar-refractivity contribution is 4.82. The molecule has 0 aromatic carbocycles. The average molecular weight is 167 g/mol. The van der Waals surface area contributed by atoms with Gasteiger partial charge in [-0.25, -0.2) is 0 Å². The van der Waals surface area contributed by atoms with Crippen LogP contribution in [0.1, 0.15) is 45.4 Å². The molecule has 1 nitrogen and oxygen atoms in total. The molecule has 1 N–H and O–H groups in total. The van der Waals surface area contributed by atoms with Crippen molar-refractivity contribution >= 4 is 0 Å². The van der Waals surface area contributed by atoms with Crippen molar-refractivity contribution in [3.05, 3.63) is 0 Å². The normalized spacial score (nSPS) is 36.8. The zero-order chi connectivity index (χ0) is 8.39. The van der Waals surface area contributed by atoms with Gasteiger partial charge in [0, 0.05) is 6.04 Å². The lowest BCUT2D eigenvalue weighted by Crippen LogP contribution is -2.36. The Morgan fingerprint density at radius 3 is 2.33 bits per heavy atom. The summed E-state index contributed by atoms with van der Waals surface area (Å²) < 4.78 is 0. The van der Waals surface area contributed by atoms with E-state index in [0.717, 1.165) is 17.9 Å². The van der Waals surface area contributed by atoms with Crippen LogP contribution < -0.4 is 5.32 Å². The zero-order valence-corrected chi connectivity index (χ0v) is 8.18. The molecular weight excluding hydrogens is 146 g/mol. The maximum atomic E-state index is 3.73. The predicted octanol–water partition coefficient (Wildman–Crippen LogP) is 2.56. The Labute approximate surface area is 75.9 Å². The summed E-state index contributed by atoms with van der Waals surface area (Å²) in [6.45, 7) is 3.69. The van der Waals surface area contributed by atoms with Gasteiger partial charge in [-0.05, 0) is 44.1 Å². The van der Waals surface area contributed by atoms with Crippen LogP contribution in [-0.2, 0) is 0 Å². The summed E-state index contributed by atoms with van der Waals surface area (Å²) in [6, 6.07) is 0.852. The summed E-state index contributed by atoms with van der Waals surface area (Å²) in [5.74, 6) is 1.96. The summed E-state index contributed by atoms with van der Waals surface area (Å²) in [7, 11) is 0. The fourth-order valence-corrected chi connectivity index (χ4v) is 2.46. The molecule has 2 atom stereocenters. The molecule has 0 radical (unpaired) electrons. The van der Waals surface area contributed by atoms with E-state index >= 15 is 0 Å². The van der Waals surface area contributed by atoms with Crippen LogP contribution in [0.25, 0.3) is 0 Å². The Morgan fingerprint density at radius 1 is 1.08 bits per heavy atom. The number of nitrogens with one attached hydrogen (secondary N) is 1. The lowest BCUT2D eigenvalue weighted by Gasteiger charge is -2.28. The van der Waals surface area contributed by atoms with Crippen LogP contribution in [0, 0.1) is 11.8 Å². The van der Waals surface area contributed by atoms with Gasteiger partial charge in [0.2, 0.25) is 0 Å². The predicted molar refractivity (Wildman–Crippen MR) is 52.1 cm³/mol. The van der Waals surface area contributed by atoms with E-state index in [1.54, 1.807) is 0 Å². The minimum atomic E-state index is 0.852. The van der Waals surface area contributed by atoms with E-state index in [2.05, 4.69) is 12.2 Å². The van der Waals surface area contributed by atoms with E-state index < -0.39 is 0 Å². The van der Waals surface area contributed by atoms with Gasteiger partial charge < -0.3 is 5.32 Å². The molecule has 12 heavy (non-hydrogen) atoms. The minimum Gasteiger partial charge on any atom is -0.313 e. The molecular formula is C11H21N. The highest BCUT2D eigenvalue weighted by Crippen LogP contribution is 2.28. The van der Waals surface area contributed by atoms with Crippen molar-refractivity contribution in [1.29, 1.82) is 0 Å². The topological polar surface area (TPSA) is 12.0 Å². The molecule has 0 aromatic heterocycles. The van der Waals surface area contributed by atoms with Crippen LogP contribution in [0.15, 0.2) is 0 Å². The van der Waals surface area contributed by atoms with E-state index in [1.807, 2.05) is 0 Å². The van der Waals surface area contributed by atoms with Gasteiger partial charge in [0.05, 0.1) is 0 Å². The van der Waals surface area contributed by atoms with Crippen molar-refractivity contribution in [2.24, 2.45) is 11.8 Å². The van der Waals surface area contributed by atoms with Gasteiger partial charge in [-0.1, -0.05) is 19.8 Å². The Balaban J connectivity index is 1.64. The second kappa shape index (κ2) is 3.78. The van der Waals surface area contributed by atoms with Gasteiger partial charge in [-0.2, -0.15) is 0 Å². The first-order valence-corrected chi connectivity index (χ1v) is 5.59. The number of hydrogen-bond acceptors (Lipinski definition) is 1. The molecule has 2 saturated carbocycles. The SMILES string of the molecule is CC1CCCC1NCC1CCC1. The molecule has 2 aliphatic rings. The molecule has 70 valence electrons. The van der Waals surface area contributed by atoms with Crippen LogP contribution in [0.4, 0.5) is 0 Å². The zero-order valence-electron chi connectivity index (χ0n) is 8.18. The van der Waals surface area contributed by atoms with Crippen molar-refractivity contribution in [2.75, 3.05) is 6.54 Å². The molecule has 0 amide bonds. The molecule has 0 spiro atoms. The highest BCUT2D eigenvalue weighted by atomic mass is 14.9. The fourth-order valence-electron chi connectivity index (χ4n) is 2.46. The smallest absolute Gasteiger partial charge is 0.00928 e. The van der Waals surface area contributed by atoms with Crippen LogP contribution in [-0.4, -0.2) is 12.6 Å². The summed E-state index contributed by atoms with van der Waals surface area (Å²) in [5, 5.41) is 3.73. The maximum Gasteiger partial charge on any atom is 0.00928 e. The lowest BCUT2D eigenvalue weighted by atomic mass is 9.85. The Kier molecular flexibility index (Phi) is 2.69. The monoisotopic (exact) mass is 167 g/mol. The van der Waals surface area contributed by atoms with E-state index in [-0.39, 0.29) is 0 Å². The first-order chi connectivity index (χ1) is 5.86. The quantitative estimate of drug-likeness (QED) is 0.681. The van der Waals surface area contributed by atoms with Gasteiger partial charge in [0.15, 0.2) is 0 Å². The standard InChI is InChI=1S/C11H21N/c1-9-4-2-7-11(9)12-8-10-5-3-6-10/h9-12H,2-8H2,1H3. The van der Waals surface area contributed by atoms with Crippen molar-refractivity contribution in [2.45, 2.75) is 51.5 Å². The first kappa shape index (κ1) is 8.55. The van der Waals surface area contributed by atoms with Crippen LogP contribution in [0.5, 0.6) is 0 Å². The molecule has 0 aromatic rings. The lowest BCUT2D eigenvalue weighted by molar-refractivity contribution is 0.278. The van der Waals surface area contributed by atoms with Gasteiger partial charge in [0.25, 0.3) is 0 Å². The number of rotatable bonds is 3. The average Bonchev–Trinajstić information content (AvgIpc) is 2.33. The maximum absolute atomic E-state index is 3.73. The molecule has 2 unspecified atom stereocenters. The number of hydrogen-bond donors (Lipinski definition) is 1. The molecule has 1 heteroatoms.